The fraction of sp³-hybridized carbons (Fsp3) is 1.00. The van der Waals surface area contributed by atoms with E-state index < -0.39 is 0 Å². The second-order valence-electron chi connectivity index (χ2n) is 4.63. The van der Waals surface area contributed by atoms with Crippen molar-refractivity contribution in [2.75, 3.05) is 25.4 Å². The Hall–Kier alpha value is 0.270. The summed E-state index contributed by atoms with van der Waals surface area (Å²) >= 11 is 2.15. The number of hydrogen-bond acceptors (Lipinski definition) is 3. The van der Waals surface area contributed by atoms with Gasteiger partial charge in [0, 0.05) is 36.2 Å². The minimum atomic E-state index is 0.411. The third-order valence-electron chi connectivity index (χ3n) is 3.93. The number of hydrogen-bond donors (Lipinski definition) is 1. The Morgan fingerprint density at radius 1 is 1.50 bits per heavy atom. The molecule has 1 saturated carbocycles. The molecule has 1 heterocycles. The van der Waals surface area contributed by atoms with Crippen LogP contribution in [0.2, 0.25) is 0 Å². The quantitative estimate of drug-likeness (QED) is 0.775. The molecule has 1 aliphatic heterocycles. The first kappa shape index (κ1) is 10.8. The zero-order chi connectivity index (χ0) is 10.0. The van der Waals surface area contributed by atoms with Crippen LogP contribution < -0.4 is 5.73 Å². The molecule has 3 heteroatoms. The van der Waals surface area contributed by atoms with Gasteiger partial charge in [-0.2, -0.15) is 11.8 Å². The van der Waals surface area contributed by atoms with Gasteiger partial charge in [-0.05, 0) is 25.7 Å². The molecule has 2 nitrogen and oxygen atoms in total. The molecule has 1 aliphatic carbocycles. The van der Waals surface area contributed by atoms with Gasteiger partial charge in [-0.15, -0.1) is 0 Å². The summed E-state index contributed by atoms with van der Waals surface area (Å²) < 4.78 is 0. The molecule has 82 valence electrons. The highest BCUT2D eigenvalue weighted by Gasteiger charge is 2.42. The van der Waals surface area contributed by atoms with E-state index in [2.05, 4.69) is 23.6 Å². The van der Waals surface area contributed by atoms with Crippen LogP contribution in [0, 0.1) is 0 Å². The maximum Gasteiger partial charge on any atom is 0.0332 e. The van der Waals surface area contributed by atoms with Crippen molar-refractivity contribution in [3.63, 3.8) is 0 Å². The van der Waals surface area contributed by atoms with E-state index in [0.29, 0.717) is 5.54 Å². The van der Waals surface area contributed by atoms with E-state index in [1.165, 1.54) is 44.5 Å². The van der Waals surface area contributed by atoms with Crippen molar-refractivity contribution >= 4 is 11.8 Å². The monoisotopic (exact) mass is 214 g/mol. The van der Waals surface area contributed by atoms with Gasteiger partial charge in [0.25, 0.3) is 0 Å². The van der Waals surface area contributed by atoms with Crippen molar-refractivity contribution in [1.82, 2.24) is 4.90 Å². The van der Waals surface area contributed by atoms with Gasteiger partial charge in [0.15, 0.2) is 0 Å². The molecule has 2 rings (SSSR count). The normalized spacial score (nSPS) is 32.6. The van der Waals surface area contributed by atoms with Crippen LogP contribution in [0.3, 0.4) is 0 Å². The molecule has 1 atom stereocenters. The summed E-state index contributed by atoms with van der Waals surface area (Å²) in [6.45, 7) is 5.71. The van der Waals surface area contributed by atoms with Crippen molar-refractivity contribution < 1.29 is 0 Å². The zero-order valence-corrected chi connectivity index (χ0v) is 9.98. The molecule has 14 heavy (non-hydrogen) atoms. The summed E-state index contributed by atoms with van der Waals surface area (Å²) in [7, 11) is 0. The van der Waals surface area contributed by atoms with E-state index in [4.69, 9.17) is 5.73 Å². The van der Waals surface area contributed by atoms with Crippen LogP contribution in [0.15, 0.2) is 0 Å². The molecule has 1 unspecified atom stereocenters. The Labute approximate surface area is 91.6 Å². The van der Waals surface area contributed by atoms with Gasteiger partial charge in [0.2, 0.25) is 0 Å². The molecule has 0 spiro atoms. The second-order valence-corrected chi connectivity index (χ2v) is 6.04. The predicted molar refractivity (Wildman–Crippen MR) is 63.7 cm³/mol. The molecule has 0 bridgehead atoms. The highest BCUT2D eigenvalue weighted by atomic mass is 32.2. The fourth-order valence-corrected chi connectivity index (χ4v) is 3.81. The maximum atomic E-state index is 5.94. The summed E-state index contributed by atoms with van der Waals surface area (Å²) in [4.78, 5) is 2.68. The Kier molecular flexibility index (Phi) is 3.40. The van der Waals surface area contributed by atoms with E-state index in [9.17, 15) is 0 Å². The number of thioether (sulfide) groups is 1. The van der Waals surface area contributed by atoms with E-state index in [1.54, 1.807) is 0 Å². The third kappa shape index (κ3) is 1.82. The van der Waals surface area contributed by atoms with Gasteiger partial charge >= 0.3 is 0 Å². The first-order valence-electron chi connectivity index (χ1n) is 5.87. The first-order chi connectivity index (χ1) is 6.80. The van der Waals surface area contributed by atoms with E-state index in [1.807, 2.05) is 0 Å². The largest absolute Gasteiger partial charge is 0.329 e. The predicted octanol–water partition coefficient (Wildman–Crippen LogP) is 1.70. The van der Waals surface area contributed by atoms with Crippen LogP contribution in [-0.2, 0) is 0 Å². The van der Waals surface area contributed by atoms with Gasteiger partial charge in [0.05, 0.1) is 0 Å². The molecule has 2 fully saturated rings. The summed E-state index contributed by atoms with van der Waals surface area (Å²) in [5.41, 5.74) is 6.35. The minimum Gasteiger partial charge on any atom is -0.329 e. The topological polar surface area (TPSA) is 29.3 Å². The summed E-state index contributed by atoms with van der Waals surface area (Å²) in [5, 5.41) is 0.854. The SMILES string of the molecule is CCC1CN(C2(CN)CCC2)CCS1. The lowest BCUT2D eigenvalue weighted by atomic mass is 9.75. The highest BCUT2D eigenvalue weighted by molar-refractivity contribution is 8.00. The van der Waals surface area contributed by atoms with Crippen LogP contribution in [0.4, 0.5) is 0 Å². The van der Waals surface area contributed by atoms with E-state index in [0.717, 1.165) is 11.8 Å². The summed E-state index contributed by atoms with van der Waals surface area (Å²) in [6, 6.07) is 0. The Bertz CT molecular complexity index is 186. The van der Waals surface area contributed by atoms with Crippen LogP contribution in [0.5, 0.6) is 0 Å². The smallest absolute Gasteiger partial charge is 0.0332 e. The lowest BCUT2D eigenvalue weighted by Crippen LogP contribution is -2.61. The van der Waals surface area contributed by atoms with Gasteiger partial charge in [0.1, 0.15) is 0 Å². The number of rotatable bonds is 3. The molecule has 2 N–H and O–H groups in total. The van der Waals surface area contributed by atoms with Crippen LogP contribution in [0.25, 0.3) is 0 Å². The third-order valence-corrected chi connectivity index (χ3v) is 5.30. The standard InChI is InChI=1S/C11H22N2S/c1-2-10-8-13(6-7-14-10)11(9-12)4-3-5-11/h10H,2-9,12H2,1H3. The zero-order valence-electron chi connectivity index (χ0n) is 9.17. The van der Waals surface area contributed by atoms with E-state index in [-0.39, 0.29) is 0 Å². The van der Waals surface area contributed by atoms with Crippen molar-refractivity contribution in [2.45, 2.75) is 43.4 Å². The Balaban J connectivity index is 1.95. The molecular formula is C11H22N2S. The average Bonchev–Trinajstić information content (AvgIpc) is 2.18. The van der Waals surface area contributed by atoms with Gasteiger partial charge in [-0.25, -0.2) is 0 Å². The minimum absolute atomic E-state index is 0.411. The van der Waals surface area contributed by atoms with Crippen molar-refractivity contribution in [1.29, 1.82) is 0 Å². The van der Waals surface area contributed by atoms with Gasteiger partial charge < -0.3 is 5.73 Å². The fourth-order valence-electron chi connectivity index (χ4n) is 2.63. The molecule has 2 aliphatic rings. The molecular weight excluding hydrogens is 192 g/mol. The molecule has 1 saturated heterocycles. The van der Waals surface area contributed by atoms with Crippen LogP contribution >= 0.6 is 11.8 Å². The lowest BCUT2D eigenvalue weighted by molar-refractivity contribution is 0.0261. The first-order valence-corrected chi connectivity index (χ1v) is 6.92. The molecule has 0 amide bonds. The van der Waals surface area contributed by atoms with Crippen molar-refractivity contribution in [3.05, 3.63) is 0 Å². The lowest BCUT2D eigenvalue weighted by Gasteiger charge is -2.52. The van der Waals surface area contributed by atoms with Gasteiger partial charge in [-0.1, -0.05) is 6.92 Å². The number of nitrogens with two attached hydrogens (primary N) is 1. The summed E-state index contributed by atoms with van der Waals surface area (Å²) in [5.74, 6) is 1.31. The highest BCUT2D eigenvalue weighted by Crippen LogP contribution is 2.39. The van der Waals surface area contributed by atoms with E-state index >= 15 is 0 Å². The van der Waals surface area contributed by atoms with Crippen molar-refractivity contribution in [2.24, 2.45) is 5.73 Å². The Morgan fingerprint density at radius 3 is 2.79 bits per heavy atom. The molecule has 0 aromatic carbocycles. The maximum absolute atomic E-state index is 5.94. The second kappa shape index (κ2) is 4.42. The molecule has 0 radical (unpaired) electrons. The van der Waals surface area contributed by atoms with Crippen LogP contribution in [0.1, 0.15) is 32.6 Å². The number of nitrogens with zero attached hydrogens (tertiary/aromatic N) is 1. The summed E-state index contributed by atoms with van der Waals surface area (Å²) in [6.07, 6.45) is 5.37. The van der Waals surface area contributed by atoms with Crippen LogP contribution in [-0.4, -0.2) is 41.1 Å². The molecule has 0 aromatic rings. The van der Waals surface area contributed by atoms with Crippen molar-refractivity contribution in [3.8, 4) is 0 Å². The van der Waals surface area contributed by atoms with Gasteiger partial charge in [-0.3, -0.25) is 4.90 Å². The Morgan fingerprint density at radius 2 is 2.29 bits per heavy atom. The molecule has 0 aromatic heterocycles. The average molecular weight is 214 g/mol.